The first-order valence-electron chi connectivity index (χ1n) is 5.85. The predicted molar refractivity (Wildman–Crippen MR) is 64.6 cm³/mol. The van der Waals surface area contributed by atoms with Crippen LogP contribution in [-0.2, 0) is 6.54 Å². The molecule has 7 nitrogen and oxygen atoms in total. The third kappa shape index (κ3) is 3.59. The maximum absolute atomic E-state index is 12.6. The summed E-state index contributed by atoms with van der Waals surface area (Å²) < 4.78 is 38.8. The standard InChI is InChI=1S/C10H15F3N4O3/c1-3-16-9(8(17(19)20)7(2)14-16)15(4-5-18)6-10(11,12)13/h18H,3-6H2,1-2H3. The topological polar surface area (TPSA) is 84.4 Å². The second kappa shape index (κ2) is 6.07. The number of hydrogen-bond acceptors (Lipinski definition) is 5. The Hall–Kier alpha value is -1.84. The van der Waals surface area contributed by atoms with E-state index in [0.717, 1.165) is 9.58 Å². The van der Waals surface area contributed by atoms with Gasteiger partial charge in [0.25, 0.3) is 0 Å². The Bertz CT molecular complexity index is 487. The number of aliphatic hydroxyl groups is 1. The van der Waals surface area contributed by atoms with Crippen LogP contribution in [0.5, 0.6) is 0 Å². The zero-order valence-electron chi connectivity index (χ0n) is 11.0. The summed E-state index contributed by atoms with van der Waals surface area (Å²) in [5.74, 6) is -0.235. The Morgan fingerprint density at radius 2 is 2.10 bits per heavy atom. The molecule has 0 aromatic carbocycles. The molecular weight excluding hydrogens is 281 g/mol. The lowest BCUT2D eigenvalue weighted by Gasteiger charge is -2.24. The number of nitrogens with zero attached hydrogens (tertiary/aromatic N) is 4. The normalized spacial score (nSPS) is 11.7. The highest BCUT2D eigenvalue weighted by Crippen LogP contribution is 2.33. The van der Waals surface area contributed by atoms with E-state index in [1.807, 2.05) is 0 Å². The van der Waals surface area contributed by atoms with E-state index >= 15 is 0 Å². The molecule has 0 atom stereocenters. The first-order valence-corrected chi connectivity index (χ1v) is 5.85. The number of alkyl halides is 3. The molecule has 0 saturated heterocycles. The summed E-state index contributed by atoms with van der Waals surface area (Å²) in [6.07, 6.45) is -4.54. The van der Waals surface area contributed by atoms with E-state index < -0.39 is 29.9 Å². The fourth-order valence-electron chi connectivity index (χ4n) is 1.90. The van der Waals surface area contributed by atoms with Gasteiger partial charge in [0.15, 0.2) is 0 Å². The fraction of sp³-hybridized carbons (Fsp3) is 0.700. The molecule has 20 heavy (non-hydrogen) atoms. The minimum absolute atomic E-state index is 0.0389. The Kier molecular flexibility index (Phi) is 4.93. The minimum atomic E-state index is -4.54. The third-order valence-corrected chi connectivity index (χ3v) is 2.59. The highest BCUT2D eigenvalue weighted by atomic mass is 19.4. The van der Waals surface area contributed by atoms with Gasteiger partial charge in [0.1, 0.15) is 12.2 Å². The van der Waals surface area contributed by atoms with Gasteiger partial charge in [-0.25, -0.2) is 4.68 Å². The first kappa shape index (κ1) is 16.2. The SMILES string of the molecule is CCn1nc(C)c([N+](=O)[O-])c1N(CCO)CC(F)(F)F. The molecule has 1 aromatic heterocycles. The highest BCUT2D eigenvalue weighted by Gasteiger charge is 2.36. The van der Waals surface area contributed by atoms with Gasteiger partial charge in [-0.2, -0.15) is 18.3 Å². The average Bonchev–Trinajstić information content (AvgIpc) is 2.63. The Labute approximate surface area is 112 Å². The molecule has 114 valence electrons. The van der Waals surface area contributed by atoms with Crippen LogP contribution in [0.4, 0.5) is 24.7 Å². The van der Waals surface area contributed by atoms with Crippen molar-refractivity contribution < 1.29 is 23.2 Å². The van der Waals surface area contributed by atoms with Crippen molar-refractivity contribution in [1.29, 1.82) is 0 Å². The van der Waals surface area contributed by atoms with E-state index in [2.05, 4.69) is 5.10 Å². The summed E-state index contributed by atoms with van der Waals surface area (Å²) >= 11 is 0. The molecule has 0 aliphatic heterocycles. The van der Waals surface area contributed by atoms with Crippen LogP contribution in [0.15, 0.2) is 0 Å². The molecule has 1 rings (SSSR count). The molecule has 0 amide bonds. The van der Waals surface area contributed by atoms with E-state index in [0.29, 0.717) is 0 Å². The summed E-state index contributed by atoms with van der Waals surface area (Å²) in [6.45, 7) is 0.846. The lowest BCUT2D eigenvalue weighted by atomic mass is 10.3. The second-order valence-corrected chi connectivity index (χ2v) is 4.09. The van der Waals surface area contributed by atoms with Crippen molar-refractivity contribution in [1.82, 2.24) is 9.78 Å². The Balaban J connectivity index is 3.33. The van der Waals surface area contributed by atoms with Crippen molar-refractivity contribution in [3.8, 4) is 0 Å². The van der Waals surface area contributed by atoms with Gasteiger partial charge >= 0.3 is 11.9 Å². The van der Waals surface area contributed by atoms with Crippen molar-refractivity contribution in [2.24, 2.45) is 0 Å². The number of hydrogen-bond donors (Lipinski definition) is 1. The number of anilines is 1. The number of aryl methyl sites for hydroxylation is 2. The molecule has 1 aromatic rings. The van der Waals surface area contributed by atoms with Crippen molar-refractivity contribution in [2.75, 3.05) is 24.6 Å². The highest BCUT2D eigenvalue weighted by molar-refractivity contribution is 5.61. The number of rotatable bonds is 6. The second-order valence-electron chi connectivity index (χ2n) is 4.09. The molecule has 0 spiro atoms. The number of aromatic nitrogens is 2. The number of aliphatic hydroxyl groups excluding tert-OH is 1. The molecule has 1 N–H and O–H groups in total. The minimum Gasteiger partial charge on any atom is -0.395 e. The van der Waals surface area contributed by atoms with Gasteiger partial charge < -0.3 is 10.0 Å². The van der Waals surface area contributed by atoms with E-state index in [9.17, 15) is 23.3 Å². The van der Waals surface area contributed by atoms with Gasteiger partial charge in [-0.15, -0.1) is 0 Å². The Morgan fingerprint density at radius 3 is 2.50 bits per heavy atom. The lowest BCUT2D eigenvalue weighted by Crippen LogP contribution is -2.38. The van der Waals surface area contributed by atoms with Gasteiger partial charge in [-0.05, 0) is 13.8 Å². The monoisotopic (exact) mass is 296 g/mol. The molecule has 1 heterocycles. The van der Waals surface area contributed by atoms with E-state index in [-0.39, 0.29) is 24.6 Å². The van der Waals surface area contributed by atoms with Crippen molar-refractivity contribution in [3.05, 3.63) is 15.8 Å². The smallest absolute Gasteiger partial charge is 0.395 e. The quantitative estimate of drug-likeness (QED) is 0.635. The van der Waals surface area contributed by atoms with Crippen LogP contribution in [0.1, 0.15) is 12.6 Å². The zero-order chi connectivity index (χ0) is 15.5. The van der Waals surface area contributed by atoms with Gasteiger partial charge in [0.2, 0.25) is 5.82 Å². The van der Waals surface area contributed by atoms with Crippen LogP contribution in [-0.4, -0.2) is 45.7 Å². The summed E-state index contributed by atoms with van der Waals surface area (Å²) in [6, 6.07) is 0. The van der Waals surface area contributed by atoms with Crippen LogP contribution in [0, 0.1) is 17.0 Å². The van der Waals surface area contributed by atoms with E-state index in [1.54, 1.807) is 6.92 Å². The summed E-state index contributed by atoms with van der Waals surface area (Å²) in [5, 5.41) is 23.8. The van der Waals surface area contributed by atoms with Crippen molar-refractivity contribution >= 4 is 11.5 Å². The van der Waals surface area contributed by atoms with Gasteiger partial charge in [-0.3, -0.25) is 10.1 Å². The maximum atomic E-state index is 12.6. The van der Waals surface area contributed by atoms with E-state index in [1.165, 1.54) is 6.92 Å². The Morgan fingerprint density at radius 1 is 1.50 bits per heavy atom. The predicted octanol–water partition coefficient (Wildman–Crippen LogP) is 1.48. The van der Waals surface area contributed by atoms with E-state index in [4.69, 9.17) is 5.11 Å². The van der Waals surface area contributed by atoms with Gasteiger partial charge in [0.05, 0.1) is 11.5 Å². The van der Waals surface area contributed by atoms with Crippen LogP contribution in [0.2, 0.25) is 0 Å². The van der Waals surface area contributed by atoms with Crippen LogP contribution in [0.3, 0.4) is 0 Å². The maximum Gasteiger partial charge on any atom is 0.405 e. The lowest BCUT2D eigenvalue weighted by molar-refractivity contribution is -0.384. The number of halogens is 3. The molecule has 0 bridgehead atoms. The van der Waals surface area contributed by atoms with Crippen molar-refractivity contribution in [3.63, 3.8) is 0 Å². The molecule has 0 unspecified atom stereocenters. The molecule has 0 fully saturated rings. The fourth-order valence-corrected chi connectivity index (χ4v) is 1.90. The number of nitro groups is 1. The summed E-state index contributed by atoms with van der Waals surface area (Å²) in [7, 11) is 0. The average molecular weight is 296 g/mol. The van der Waals surface area contributed by atoms with Crippen LogP contribution in [0.25, 0.3) is 0 Å². The third-order valence-electron chi connectivity index (χ3n) is 2.59. The molecule has 0 saturated carbocycles. The van der Waals surface area contributed by atoms with Gasteiger partial charge in [-0.1, -0.05) is 0 Å². The van der Waals surface area contributed by atoms with Crippen LogP contribution < -0.4 is 4.90 Å². The first-order chi connectivity index (χ1) is 9.21. The molecule has 0 aliphatic rings. The van der Waals surface area contributed by atoms with Gasteiger partial charge in [0, 0.05) is 13.1 Å². The van der Waals surface area contributed by atoms with Crippen LogP contribution >= 0.6 is 0 Å². The largest absolute Gasteiger partial charge is 0.405 e. The molecule has 10 heteroatoms. The van der Waals surface area contributed by atoms with Crippen molar-refractivity contribution in [2.45, 2.75) is 26.6 Å². The molecule has 0 aliphatic carbocycles. The molecular formula is C10H15F3N4O3. The molecule has 0 radical (unpaired) electrons. The summed E-state index contributed by atoms with van der Waals surface area (Å²) in [5.41, 5.74) is -0.429. The zero-order valence-corrected chi connectivity index (χ0v) is 11.0. The summed E-state index contributed by atoms with van der Waals surface area (Å²) in [4.78, 5) is 11.0.